The number of halogens is 1. The second-order valence-electron chi connectivity index (χ2n) is 6.78. The molecule has 2 aromatic rings. The number of anilines is 1. The summed E-state index contributed by atoms with van der Waals surface area (Å²) in [5, 5.41) is 10.9. The van der Waals surface area contributed by atoms with Crippen molar-refractivity contribution < 1.29 is 14.3 Å². The highest BCUT2D eigenvalue weighted by molar-refractivity contribution is 6.31. The number of carbonyl (C=O) groups is 1. The highest BCUT2D eigenvalue weighted by atomic mass is 35.5. The molecule has 0 aromatic heterocycles. The van der Waals surface area contributed by atoms with E-state index >= 15 is 0 Å². The lowest BCUT2D eigenvalue weighted by Crippen LogP contribution is -2.49. The van der Waals surface area contributed by atoms with Crippen molar-refractivity contribution in [3.63, 3.8) is 0 Å². The summed E-state index contributed by atoms with van der Waals surface area (Å²) in [5.74, 6) is 12.7. The van der Waals surface area contributed by atoms with Crippen molar-refractivity contribution in [3.8, 4) is 5.75 Å². The number of ether oxygens (including phenoxy) is 2. The van der Waals surface area contributed by atoms with Gasteiger partial charge in [0.15, 0.2) is 0 Å². The van der Waals surface area contributed by atoms with Crippen molar-refractivity contribution in [1.29, 1.82) is 0 Å². The molecule has 4 N–H and O–H groups in total. The molecule has 164 valence electrons. The summed E-state index contributed by atoms with van der Waals surface area (Å²) >= 11 is 6.34. The average molecular weight is 445 g/mol. The Morgan fingerprint density at radius 2 is 2.00 bits per heavy atom. The maximum absolute atomic E-state index is 12.1. The SMILES string of the molecule is CCC(=NN=C1CCOc2ccccc21)OCc1c(Cl)cccc1N(N)C(=O)N(C)N. The predicted octanol–water partition coefficient (Wildman–Crippen LogP) is 3.46. The first kappa shape index (κ1) is 22.5. The van der Waals surface area contributed by atoms with Crippen LogP contribution in [-0.2, 0) is 11.3 Å². The van der Waals surface area contributed by atoms with Crippen LogP contribution in [0, 0.1) is 0 Å². The normalized spacial score (nSPS) is 14.6. The van der Waals surface area contributed by atoms with Gasteiger partial charge in [-0.2, -0.15) is 5.10 Å². The molecule has 1 aliphatic heterocycles. The van der Waals surface area contributed by atoms with Gasteiger partial charge >= 0.3 is 6.03 Å². The summed E-state index contributed by atoms with van der Waals surface area (Å²) < 4.78 is 11.5. The Labute approximate surface area is 185 Å². The summed E-state index contributed by atoms with van der Waals surface area (Å²) in [6.45, 7) is 2.51. The second-order valence-corrected chi connectivity index (χ2v) is 7.19. The smallest absolute Gasteiger partial charge is 0.352 e. The molecule has 31 heavy (non-hydrogen) atoms. The zero-order valence-corrected chi connectivity index (χ0v) is 18.2. The minimum atomic E-state index is -0.600. The Morgan fingerprint density at radius 1 is 1.23 bits per heavy atom. The van der Waals surface area contributed by atoms with Gasteiger partial charge < -0.3 is 9.47 Å². The Morgan fingerprint density at radius 3 is 2.74 bits per heavy atom. The topological polar surface area (TPSA) is 119 Å². The van der Waals surface area contributed by atoms with Crippen molar-refractivity contribution >= 4 is 34.9 Å². The number of urea groups is 1. The van der Waals surface area contributed by atoms with E-state index in [0.29, 0.717) is 41.6 Å². The number of hydrazine groups is 2. The lowest BCUT2D eigenvalue weighted by molar-refractivity contribution is 0.216. The van der Waals surface area contributed by atoms with Crippen LogP contribution in [0.1, 0.15) is 30.9 Å². The standard InChI is InChI=1S/C21H25ClN6O3/c1-3-20(26-25-17-11-12-30-19-10-5-4-7-14(17)19)31-13-15-16(22)8-6-9-18(15)28(24)21(29)27(2)23/h4-10H,3,11-13,23-24H2,1-2H3. The molecule has 0 unspecified atom stereocenters. The van der Waals surface area contributed by atoms with Gasteiger partial charge in [0.2, 0.25) is 5.90 Å². The molecular weight excluding hydrogens is 420 g/mol. The van der Waals surface area contributed by atoms with E-state index in [9.17, 15) is 4.79 Å². The molecule has 10 heteroatoms. The number of hydrogen-bond acceptors (Lipinski definition) is 7. The monoisotopic (exact) mass is 444 g/mol. The fraction of sp³-hybridized carbons (Fsp3) is 0.286. The van der Waals surface area contributed by atoms with E-state index in [1.807, 2.05) is 31.2 Å². The van der Waals surface area contributed by atoms with Crippen LogP contribution in [0.25, 0.3) is 0 Å². The average Bonchev–Trinajstić information content (AvgIpc) is 2.78. The van der Waals surface area contributed by atoms with Crippen LogP contribution in [0.3, 0.4) is 0 Å². The van der Waals surface area contributed by atoms with E-state index in [1.54, 1.807) is 18.2 Å². The number of benzene rings is 2. The van der Waals surface area contributed by atoms with E-state index in [-0.39, 0.29) is 6.61 Å². The van der Waals surface area contributed by atoms with Crippen LogP contribution >= 0.6 is 11.6 Å². The van der Waals surface area contributed by atoms with Crippen LogP contribution in [-0.4, -0.2) is 36.3 Å². The Hall–Kier alpha value is -3.14. The number of hydrogen-bond donors (Lipinski definition) is 2. The Kier molecular flexibility index (Phi) is 7.45. The van der Waals surface area contributed by atoms with Gasteiger partial charge in [-0.15, -0.1) is 5.10 Å². The molecule has 0 atom stereocenters. The van der Waals surface area contributed by atoms with Crippen LogP contribution in [0.5, 0.6) is 5.75 Å². The lowest BCUT2D eigenvalue weighted by atomic mass is 10.0. The molecule has 0 saturated heterocycles. The largest absolute Gasteiger partial charge is 0.492 e. The first-order valence-corrected chi connectivity index (χ1v) is 10.1. The minimum Gasteiger partial charge on any atom is -0.492 e. The third-order valence-corrected chi connectivity index (χ3v) is 4.98. The maximum Gasteiger partial charge on any atom is 0.352 e. The number of carbonyl (C=O) groups excluding carboxylic acids is 1. The summed E-state index contributed by atoms with van der Waals surface area (Å²) in [4.78, 5) is 12.1. The van der Waals surface area contributed by atoms with E-state index in [0.717, 1.165) is 27.0 Å². The molecule has 0 spiro atoms. The molecule has 0 fully saturated rings. The van der Waals surface area contributed by atoms with E-state index in [4.69, 9.17) is 32.8 Å². The van der Waals surface area contributed by atoms with Crippen LogP contribution in [0.2, 0.25) is 5.02 Å². The summed E-state index contributed by atoms with van der Waals surface area (Å²) in [5.41, 5.74) is 2.67. The molecule has 0 saturated carbocycles. The first-order chi connectivity index (χ1) is 14.9. The van der Waals surface area contributed by atoms with Crippen molar-refractivity contribution in [3.05, 3.63) is 58.6 Å². The van der Waals surface area contributed by atoms with Gasteiger partial charge in [-0.3, -0.25) is 5.01 Å². The van der Waals surface area contributed by atoms with E-state index in [2.05, 4.69) is 10.2 Å². The van der Waals surface area contributed by atoms with Crippen molar-refractivity contribution in [2.75, 3.05) is 18.7 Å². The Bertz CT molecular complexity index is 1010. The molecule has 0 aliphatic carbocycles. The quantitative estimate of drug-likeness (QED) is 0.240. The van der Waals surface area contributed by atoms with Gasteiger partial charge in [-0.05, 0) is 24.3 Å². The lowest BCUT2D eigenvalue weighted by Gasteiger charge is -2.23. The van der Waals surface area contributed by atoms with Gasteiger partial charge in [0.25, 0.3) is 0 Å². The third-order valence-electron chi connectivity index (χ3n) is 4.62. The number of amides is 2. The minimum absolute atomic E-state index is 0.0570. The molecule has 9 nitrogen and oxygen atoms in total. The van der Waals surface area contributed by atoms with Crippen molar-refractivity contribution in [1.82, 2.24) is 5.01 Å². The first-order valence-electron chi connectivity index (χ1n) is 9.75. The summed E-state index contributed by atoms with van der Waals surface area (Å²) in [7, 11) is 1.40. The maximum atomic E-state index is 12.1. The number of nitrogens with two attached hydrogens (primary N) is 2. The highest BCUT2D eigenvalue weighted by Crippen LogP contribution is 2.28. The molecule has 0 radical (unpaired) electrons. The van der Waals surface area contributed by atoms with Gasteiger partial charge in [0, 0.05) is 36.0 Å². The number of rotatable bonds is 5. The van der Waals surface area contributed by atoms with Crippen LogP contribution in [0.15, 0.2) is 52.7 Å². The molecule has 1 heterocycles. The summed E-state index contributed by atoms with van der Waals surface area (Å²) in [6.07, 6.45) is 1.18. The number of nitrogens with zero attached hydrogens (tertiary/aromatic N) is 4. The fourth-order valence-corrected chi connectivity index (χ4v) is 3.21. The highest BCUT2D eigenvalue weighted by Gasteiger charge is 2.20. The third kappa shape index (κ3) is 5.32. The van der Waals surface area contributed by atoms with Gasteiger partial charge in [0.1, 0.15) is 12.4 Å². The Balaban J connectivity index is 1.80. The van der Waals surface area contributed by atoms with Crippen molar-refractivity contribution in [2.45, 2.75) is 26.4 Å². The molecule has 2 aromatic carbocycles. The summed E-state index contributed by atoms with van der Waals surface area (Å²) in [6, 6.07) is 12.1. The fourth-order valence-electron chi connectivity index (χ4n) is 2.99. The predicted molar refractivity (Wildman–Crippen MR) is 121 cm³/mol. The van der Waals surface area contributed by atoms with Gasteiger partial charge in [-0.1, -0.05) is 36.7 Å². The van der Waals surface area contributed by atoms with Gasteiger partial charge in [-0.25, -0.2) is 21.5 Å². The van der Waals surface area contributed by atoms with E-state index in [1.165, 1.54) is 7.05 Å². The van der Waals surface area contributed by atoms with Gasteiger partial charge in [0.05, 0.1) is 18.0 Å². The molecule has 2 amide bonds. The zero-order valence-electron chi connectivity index (χ0n) is 17.4. The molecule has 3 rings (SSSR count). The molecule has 1 aliphatic rings. The number of para-hydroxylation sites is 1. The van der Waals surface area contributed by atoms with E-state index < -0.39 is 6.03 Å². The van der Waals surface area contributed by atoms with Crippen LogP contribution < -0.4 is 21.4 Å². The molecule has 0 bridgehead atoms. The van der Waals surface area contributed by atoms with Crippen LogP contribution in [0.4, 0.5) is 10.5 Å². The number of fused-ring (bicyclic) bond motifs is 1. The zero-order chi connectivity index (χ0) is 22.4. The second kappa shape index (κ2) is 10.3. The molecular formula is C21H25ClN6O3. The van der Waals surface area contributed by atoms with Crippen molar-refractivity contribution in [2.24, 2.45) is 21.9 Å².